The summed E-state index contributed by atoms with van der Waals surface area (Å²) in [5, 5.41) is 3.33. The van der Waals surface area contributed by atoms with Gasteiger partial charge in [0.05, 0.1) is 31.5 Å². The Morgan fingerprint density at radius 2 is 1.59 bits per heavy atom. The number of hydrogen-bond donors (Lipinski definition) is 2. The van der Waals surface area contributed by atoms with E-state index in [1.54, 1.807) is 25.7 Å². The van der Waals surface area contributed by atoms with Crippen LogP contribution < -0.4 is 10.0 Å². The normalized spacial score (nSPS) is 17.9. The highest BCUT2D eigenvalue weighted by atomic mass is 32.2. The first kappa shape index (κ1) is 32.2. The Morgan fingerprint density at radius 1 is 0.946 bits per heavy atom. The molecule has 1 aromatic rings. The van der Waals surface area contributed by atoms with Crippen molar-refractivity contribution in [2.24, 2.45) is 11.8 Å². The van der Waals surface area contributed by atoms with Crippen LogP contribution in [0.15, 0.2) is 36.6 Å². The summed E-state index contributed by atoms with van der Waals surface area (Å²) in [6, 6.07) is 8.44. The van der Waals surface area contributed by atoms with Gasteiger partial charge in [-0.15, -0.1) is 0 Å². The summed E-state index contributed by atoms with van der Waals surface area (Å²) in [4.78, 5) is 0. The van der Waals surface area contributed by atoms with Gasteiger partial charge in [0.2, 0.25) is 0 Å². The zero-order valence-corrected chi connectivity index (χ0v) is 25.0. The van der Waals surface area contributed by atoms with E-state index >= 15 is 0 Å². The van der Waals surface area contributed by atoms with Crippen molar-refractivity contribution in [3.8, 4) is 0 Å². The molecule has 0 aromatic heterocycles. The van der Waals surface area contributed by atoms with Crippen LogP contribution in [0.3, 0.4) is 0 Å². The fourth-order valence-electron chi connectivity index (χ4n) is 4.82. The molecule has 0 radical (unpaired) electrons. The van der Waals surface area contributed by atoms with Gasteiger partial charge in [0.1, 0.15) is 5.76 Å². The molecular weight excluding hydrogens is 476 g/mol. The maximum atomic E-state index is 5.75. The van der Waals surface area contributed by atoms with Gasteiger partial charge in [-0.05, 0) is 57.6 Å². The largest absolute Gasteiger partial charge is 0.497 e. The first-order valence-corrected chi connectivity index (χ1v) is 16.0. The molecule has 4 nitrogen and oxygen atoms in total. The van der Waals surface area contributed by atoms with Crippen LogP contribution in [0.2, 0.25) is 0 Å². The van der Waals surface area contributed by atoms with Gasteiger partial charge in [-0.3, -0.25) is 4.18 Å². The third-order valence-electron chi connectivity index (χ3n) is 7.78. The lowest BCUT2D eigenvalue weighted by Crippen LogP contribution is -2.19. The van der Waals surface area contributed by atoms with E-state index in [1.807, 2.05) is 6.92 Å². The fourth-order valence-corrected chi connectivity index (χ4v) is 5.37. The first-order valence-electron chi connectivity index (χ1n) is 15.2. The molecule has 1 aromatic carbocycles. The highest BCUT2D eigenvalue weighted by molar-refractivity contribution is 7.92. The second-order valence-electron chi connectivity index (χ2n) is 11.0. The van der Waals surface area contributed by atoms with Gasteiger partial charge in [-0.1, -0.05) is 113 Å². The maximum Gasteiger partial charge on any atom is 0.103 e. The van der Waals surface area contributed by atoms with Crippen molar-refractivity contribution in [2.45, 2.75) is 117 Å². The molecule has 3 aliphatic rings. The summed E-state index contributed by atoms with van der Waals surface area (Å²) < 4.78 is 14.3. The number of ether oxygens (including phenoxy) is 1. The van der Waals surface area contributed by atoms with Gasteiger partial charge in [-0.2, -0.15) is 0 Å². The van der Waals surface area contributed by atoms with E-state index in [4.69, 9.17) is 8.92 Å². The molecule has 0 aliphatic heterocycles. The third kappa shape index (κ3) is 15.2. The molecule has 2 N–H and O–H groups in total. The molecule has 1 unspecified atom stereocenters. The summed E-state index contributed by atoms with van der Waals surface area (Å²) in [5.74, 6) is 3.15. The van der Waals surface area contributed by atoms with Crippen molar-refractivity contribution in [2.75, 3.05) is 26.2 Å². The third-order valence-corrected chi connectivity index (χ3v) is 8.49. The van der Waals surface area contributed by atoms with E-state index in [0.29, 0.717) is 6.61 Å². The molecular formula is C32H56N2O2S. The minimum absolute atomic E-state index is 0.0880. The van der Waals surface area contributed by atoms with Gasteiger partial charge >= 0.3 is 0 Å². The van der Waals surface area contributed by atoms with Gasteiger partial charge in [0.15, 0.2) is 0 Å². The first-order chi connectivity index (χ1) is 18.1. The standard InChI is InChI=1S/C19H32N2O2S.C9H16.C4H8/c1-5-22-17(3)15-20-12-7-6-8-13-21-24-23-18(4)19-11-9-10-16(2)14-19;1-2-5-8(4-1)9-6-3-7-9;1-2-4-3-1/h9-11,14,18,20-21H,3,5-8,12-13,15H2,1-2,4H3;8-9H,1-7H2;1-4H2. The van der Waals surface area contributed by atoms with E-state index < -0.39 is 0 Å². The van der Waals surface area contributed by atoms with Gasteiger partial charge in [0, 0.05) is 6.54 Å². The minimum Gasteiger partial charge on any atom is -0.497 e. The summed E-state index contributed by atoms with van der Waals surface area (Å²) >= 11 is 1.35. The van der Waals surface area contributed by atoms with Gasteiger partial charge < -0.3 is 10.1 Å². The Morgan fingerprint density at radius 3 is 2.16 bits per heavy atom. The molecule has 4 rings (SSSR count). The lowest BCUT2D eigenvalue weighted by molar-refractivity contribution is 0.210. The summed E-state index contributed by atoms with van der Waals surface area (Å²) in [6.45, 7) is 13.4. The second kappa shape index (κ2) is 20.9. The van der Waals surface area contributed by atoms with Crippen LogP contribution >= 0.6 is 12.2 Å². The molecule has 0 saturated heterocycles. The summed E-state index contributed by atoms with van der Waals surface area (Å²) in [5.41, 5.74) is 2.48. The monoisotopic (exact) mass is 532 g/mol. The molecule has 3 saturated carbocycles. The molecule has 0 amide bonds. The van der Waals surface area contributed by atoms with Gasteiger partial charge in [-0.25, -0.2) is 4.72 Å². The molecule has 5 heteroatoms. The van der Waals surface area contributed by atoms with Crippen molar-refractivity contribution in [3.05, 3.63) is 47.7 Å². The molecule has 3 aliphatic carbocycles. The van der Waals surface area contributed by atoms with Crippen molar-refractivity contribution in [1.82, 2.24) is 10.0 Å². The average molecular weight is 533 g/mol. The number of unbranched alkanes of at least 4 members (excludes halogenated alkanes) is 2. The predicted molar refractivity (Wildman–Crippen MR) is 162 cm³/mol. The van der Waals surface area contributed by atoms with Crippen molar-refractivity contribution in [1.29, 1.82) is 0 Å². The number of aryl methyl sites for hydroxylation is 1. The Labute approximate surface area is 233 Å². The Hall–Kier alpha value is -1.01. The molecule has 0 heterocycles. The maximum absolute atomic E-state index is 5.75. The number of benzene rings is 1. The predicted octanol–water partition coefficient (Wildman–Crippen LogP) is 9.07. The van der Waals surface area contributed by atoms with Gasteiger partial charge in [0.25, 0.3) is 0 Å². The van der Waals surface area contributed by atoms with E-state index in [2.05, 4.69) is 54.7 Å². The Balaban J connectivity index is 0.000000294. The fraction of sp³-hybridized carbons (Fsp3) is 0.750. The van der Waals surface area contributed by atoms with Crippen LogP contribution in [0.1, 0.15) is 121 Å². The lowest BCUT2D eigenvalue weighted by Gasteiger charge is -2.30. The minimum atomic E-state index is 0.0880. The summed E-state index contributed by atoms with van der Waals surface area (Å²) in [6.07, 6.45) is 20.4. The van der Waals surface area contributed by atoms with Crippen LogP contribution in [0.5, 0.6) is 0 Å². The summed E-state index contributed by atoms with van der Waals surface area (Å²) in [7, 11) is 0. The van der Waals surface area contributed by atoms with Crippen LogP contribution in [0.4, 0.5) is 0 Å². The molecule has 37 heavy (non-hydrogen) atoms. The number of nitrogens with one attached hydrogen (secondary N) is 2. The van der Waals surface area contributed by atoms with Crippen molar-refractivity contribution >= 4 is 12.2 Å². The highest BCUT2D eigenvalue weighted by Crippen LogP contribution is 2.41. The smallest absolute Gasteiger partial charge is 0.103 e. The topological polar surface area (TPSA) is 42.5 Å². The van der Waals surface area contributed by atoms with E-state index in [1.165, 1.54) is 86.6 Å². The van der Waals surface area contributed by atoms with Crippen molar-refractivity contribution in [3.63, 3.8) is 0 Å². The van der Waals surface area contributed by atoms with Crippen LogP contribution in [-0.4, -0.2) is 26.2 Å². The number of hydrogen-bond acceptors (Lipinski definition) is 5. The molecule has 3 fully saturated rings. The Kier molecular flexibility index (Phi) is 18.2. The van der Waals surface area contributed by atoms with E-state index in [-0.39, 0.29) is 6.10 Å². The zero-order valence-electron chi connectivity index (χ0n) is 24.2. The van der Waals surface area contributed by atoms with E-state index in [9.17, 15) is 0 Å². The molecule has 212 valence electrons. The van der Waals surface area contributed by atoms with Crippen molar-refractivity contribution < 1.29 is 8.92 Å². The van der Waals surface area contributed by atoms with Crippen LogP contribution in [-0.2, 0) is 8.92 Å². The molecule has 0 bridgehead atoms. The van der Waals surface area contributed by atoms with Crippen LogP contribution in [0, 0.1) is 18.8 Å². The van der Waals surface area contributed by atoms with E-state index in [0.717, 1.165) is 38.2 Å². The molecule has 0 spiro atoms. The molecule has 1 atom stereocenters. The second-order valence-corrected chi connectivity index (χ2v) is 11.6. The zero-order chi connectivity index (χ0) is 26.6. The quantitative estimate of drug-likeness (QED) is 0.102. The SMILES string of the molecule is C1CCC(C2CCC2)C1.C1CCC1.C=C(CNCCCCCNSOC(C)c1cccc(C)c1)OCC. The van der Waals surface area contributed by atoms with Crippen LogP contribution in [0.25, 0.3) is 0 Å². The lowest BCUT2D eigenvalue weighted by atomic mass is 9.75. The highest BCUT2D eigenvalue weighted by Gasteiger charge is 2.28. The number of rotatable bonds is 15. The Bertz CT molecular complexity index is 696. The average Bonchev–Trinajstić information content (AvgIpc) is 3.32.